The van der Waals surface area contributed by atoms with Gasteiger partial charge < -0.3 is 14.8 Å². The highest BCUT2D eigenvalue weighted by Crippen LogP contribution is 2.28. The Morgan fingerprint density at radius 2 is 2.06 bits per heavy atom. The summed E-state index contributed by atoms with van der Waals surface area (Å²) in [6.45, 7) is 1.73. The van der Waals surface area contributed by atoms with Crippen molar-refractivity contribution in [1.82, 2.24) is 5.32 Å². The van der Waals surface area contributed by atoms with Gasteiger partial charge in [-0.3, -0.25) is 0 Å². The number of fused-ring (bicyclic) bond motifs is 1. The Kier molecular flexibility index (Phi) is 3.06. The molecular formula is C14H16ClNO2. The van der Waals surface area contributed by atoms with Crippen LogP contribution in [0.2, 0.25) is 5.02 Å². The molecule has 0 atom stereocenters. The van der Waals surface area contributed by atoms with Crippen molar-refractivity contribution in [2.24, 2.45) is 0 Å². The first kappa shape index (κ1) is 12.0. The van der Waals surface area contributed by atoms with Gasteiger partial charge in [0.2, 0.25) is 0 Å². The van der Waals surface area contributed by atoms with Gasteiger partial charge in [0.1, 0.15) is 11.3 Å². The highest BCUT2D eigenvalue weighted by atomic mass is 35.5. The smallest absolute Gasteiger partial charge is 0.134 e. The van der Waals surface area contributed by atoms with Crippen molar-refractivity contribution in [2.45, 2.75) is 24.9 Å². The number of hydrogen-bond donors (Lipinski definition) is 2. The number of furan rings is 1. The largest absolute Gasteiger partial charge is 0.461 e. The van der Waals surface area contributed by atoms with Crippen LogP contribution < -0.4 is 5.32 Å². The summed E-state index contributed by atoms with van der Waals surface area (Å²) in [5.41, 5.74) is 0.190. The minimum atomic E-state index is -0.636. The first-order chi connectivity index (χ1) is 8.65. The lowest BCUT2D eigenvalue weighted by Crippen LogP contribution is -2.43. The van der Waals surface area contributed by atoms with Crippen LogP contribution in [0, 0.1) is 0 Å². The van der Waals surface area contributed by atoms with E-state index in [-0.39, 0.29) is 0 Å². The maximum absolute atomic E-state index is 10.5. The van der Waals surface area contributed by atoms with Gasteiger partial charge in [0.25, 0.3) is 0 Å². The van der Waals surface area contributed by atoms with E-state index in [0.29, 0.717) is 11.4 Å². The van der Waals surface area contributed by atoms with Crippen LogP contribution in [-0.2, 0) is 6.42 Å². The van der Waals surface area contributed by atoms with Crippen molar-refractivity contribution in [1.29, 1.82) is 0 Å². The Balaban J connectivity index is 1.86. The monoisotopic (exact) mass is 265 g/mol. The van der Waals surface area contributed by atoms with E-state index in [1.54, 1.807) is 0 Å². The molecule has 0 saturated carbocycles. The number of aliphatic hydroxyl groups is 1. The van der Waals surface area contributed by atoms with Crippen molar-refractivity contribution < 1.29 is 9.52 Å². The molecule has 1 aliphatic rings. The Morgan fingerprint density at radius 1 is 1.28 bits per heavy atom. The fourth-order valence-electron chi connectivity index (χ4n) is 2.55. The van der Waals surface area contributed by atoms with Crippen LogP contribution in [0.3, 0.4) is 0 Å². The third kappa shape index (κ3) is 2.39. The van der Waals surface area contributed by atoms with Crippen LogP contribution in [-0.4, -0.2) is 23.8 Å². The summed E-state index contributed by atoms with van der Waals surface area (Å²) < 4.78 is 5.75. The molecule has 0 spiro atoms. The molecule has 2 aromatic rings. The molecule has 18 heavy (non-hydrogen) atoms. The average molecular weight is 266 g/mol. The van der Waals surface area contributed by atoms with Gasteiger partial charge in [-0.1, -0.05) is 11.6 Å². The molecule has 2 heterocycles. The fraction of sp³-hybridized carbons (Fsp3) is 0.429. The SMILES string of the molecule is OC1(Cc2cc3cc(Cl)ccc3o2)CCNCC1. The van der Waals surface area contributed by atoms with Crippen LogP contribution in [0.25, 0.3) is 11.0 Å². The fourth-order valence-corrected chi connectivity index (χ4v) is 2.73. The first-order valence-corrected chi connectivity index (χ1v) is 6.64. The van der Waals surface area contributed by atoms with Crippen molar-refractivity contribution in [3.05, 3.63) is 35.0 Å². The van der Waals surface area contributed by atoms with Crippen molar-refractivity contribution in [3.8, 4) is 0 Å². The molecule has 3 nitrogen and oxygen atoms in total. The van der Waals surface area contributed by atoms with E-state index in [1.807, 2.05) is 24.3 Å². The van der Waals surface area contributed by atoms with Gasteiger partial charge in [0.15, 0.2) is 0 Å². The van der Waals surface area contributed by atoms with Gasteiger partial charge in [0, 0.05) is 16.8 Å². The topological polar surface area (TPSA) is 45.4 Å². The average Bonchev–Trinajstić information content (AvgIpc) is 2.70. The molecule has 1 aliphatic heterocycles. The molecule has 0 aliphatic carbocycles. The third-order valence-corrected chi connectivity index (χ3v) is 3.80. The normalized spacial score (nSPS) is 19.2. The molecule has 0 amide bonds. The molecule has 1 saturated heterocycles. The molecule has 1 fully saturated rings. The van der Waals surface area contributed by atoms with Crippen LogP contribution in [0.1, 0.15) is 18.6 Å². The highest BCUT2D eigenvalue weighted by Gasteiger charge is 2.30. The summed E-state index contributed by atoms with van der Waals surface area (Å²) in [6, 6.07) is 7.54. The molecule has 96 valence electrons. The minimum Gasteiger partial charge on any atom is -0.461 e. The number of halogens is 1. The molecule has 3 rings (SSSR count). The van der Waals surface area contributed by atoms with Crippen molar-refractivity contribution >= 4 is 22.6 Å². The second-order valence-electron chi connectivity index (χ2n) is 5.05. The third-order valence-electron chi connectivity index (χ3n) is 3.57. The second kappa shape index (κ2) is 4.57. The van der Waals surface area contributed by atoms with E-state index in [9.17, 15) is 5.11 Å². The maximum atomic E-state index is 10.5. The zero-order chi connectivity index (χ0) is 12.6. The summed E-state index contributed by atoms with van der Waals surface area (Å²) in [7, 11) is 0. The van der Waals surface area contributed by atoms with E-state index in [4.69, 9.17) is 16.0 Å². The Labute approximate surface area is 111 Å². The lowest BCUT2D eigenvalue weighted by molar-refractivity contribution is 0.00692. The summed E-state index contributed by atoms with van der Waals surface area (Å²) in [6.07, 6.45) is 2.11. The molecule has 4 heteroatoms. The Morgan fingerprint density at radius 3 is 2.83 bits per heavy atom. The van der Waals surface area contributed by atoms with Crippen molar-refractivity contribution in [3.63, 3.8) is 0 Å². The summed E-state index contributed by atoms with van der Waals surface area (Å²) in [4.78, 5) is 0. The number of rotatable bonds is 2. The molecule has 0 unspecified atom stereocenters. The van der Waals surface area contributed by atoms with Crippen molar-refractivity contribution in [2.75, 3.05) is 13.1 Å². The van der Waals surface area contributed by atoms with Crippen LogP contribution in [0.15, 0.2) is 28.7 Å². The van der Waals surface area contributed by atoms with Gasteiger partial charge in [-0.25, -0.2) is 0 Å². The first-order valence-electron chi connectivity index (χ1n) is 6.26. The number of piperidine rings is 1. The zero-order valence-electron chi connectivity index (χ0n) is 10.1. The molecule has 1 aromatic carbocycles. The van der Waals surface area contributed by atoms with E-state index in [0.717, 1.165) is 42.7 Å². The molecule has 2 N–H and O–H groups in total. The number of benzene rings is 1. The zero-order valence-corrected chi connectivity index (χ0v) is 10.8. The van der Waals surface area contributed by atoms with E-state index in [1.165, 1.54) is 0 Å². The summed E-state index contributed by atoms with van der Waals surface area (Å²) >= 11 is 5.95. The summed E-state index contributed by atoms with van der Waals surface area (Å²) in [5, 5.41) is 15.4. The van der Waals surface area contributed by atoms with E-state index in [2.05, 4.69) is 5.32 Å². The molecule has 0 radical (unpaired) electrons. The maximum Gasteiger partial charge on any atom is 0.134 e. The van der Waals surface area contributed by atoms with Gasteiger partial charge in [0.05, 0.1) is 5.60 Å². The number of nitrogens with one attached hydrogen (secondary N) is 1. The lowest BCUT2D eigenvalue weighted by atomic mass is 9.88. The van der Waals surface area contributed by atoms with Gasteiger partial charge >= 0.3 is 0 Å². The van der Waals surface area contributed by atoms with Crippen LogP contribution in [0.4, 0.5) is 0 Å². The van der Waals surface area contributed by atoms with Gasteiger partial charge in [-0.15, -0.1) is 0 Å². The van der Waals surface area contributed by atoms with Crippen LogP contribution in [0.5, 0.6) is 0 Å². The van der Waals surface area contributed by atoms with Crippen LogP contribution >= 0.6 is 11.6 Å². The van der Waals surface area contributed by atoms with Gasteiger partial charge in [-0.05, 0) is 50.2 Å². The Bertz CT molecular complexity index is 558. The second-order valence-corrected chi connectivity index (χ2v) is 5.48. The minimum absolute atomic E-state index is 0.570. The predicted molar refractivity (Wildman–Crippen MR) is 72.0 cm³/mol. The lowest BCUT2D eigenvalue weighted by Gasteiger charge is -2.31. The van der Waals surface area contributed by atoms with E-state index < -0.39 is 5.60 Å². The molecule has 0 bridgehead atoms. The molecule has 1 aromatic heterocycles. The number of hydrogen-bond acceptors (Lipinski definition) is 3. The Hall–Kier alpha value is -1.03. The standard InChI is InChI=1S/C14H16ClNO2/c15-11-1-2-13-10(7-11)8-12(18-13)9-14(17)3-5-16-6-4-14/h1-2,7-8,16-17H,3-6,9H2. The highest BCUT2D eigenvalue weighted by molar-refractivity contribution is 6.31. The summed E-state index contributed by atoms with van der Waals surface area (Å²) in [5.74, 6) is 0.830. The quantitative estimate of drug-likeness (QED) is 0.878. The van der Waals surface area contributed by atoms with E-state index >= 15 is 0 Å². The van der Waals surface area contributed by atoms with Gasteiger partial charge in [-0.2, -0.15) is 0 Å². The molecular weight excluding hydrogens is 250 g/mol. The predicted octanol–water partition coefficient (Wildman–Crippen LogP) is 2.74.